The Morgan fingerprint density at radius 3 is 1.12 bits per heavy atom. The lowest BCUT2D eigenvalue weighted by Crippen LogP contribution is -2.86. The molecule has 0 aromatic rings. The molecule has 2 nitrogen and oxygen atoms in total. The second kappa shape index (κ2) is 2.99. The van der Waals surface area contributed by atoms with Gasteiger partial charge < -0.3 is 0 Å². The lowest BCUT2D eigenvalue weighted by Gasteiger charge is -2.50. The summed E-state index contributed by atoms with van der Waals surface area (Å²) >= 11 is 0. The maximum Gasteiger partial charge on any atom is 0.352 e. The Labute approximate surface area is 87.7 Å². The van der Waals surface area contributed by atoms with Gasteiger partial charge in [0.15, 0.2) is 0 Å². The van der Waals surface area contributed by atoms with Gasteiger partial charge in [0.05, 0.1) is 0 Å². The third-order valence-electron chi connectivity index (χ3n) is 2.52. The van der Waals surface area contributed by atoms with Gasteiger partial charge in [-0.15, -0.1) is 0 Å². The highest BCUT2D eigenvalue weighted by Gasteiger charge is 2.92. The molecular formula is C6H5F9N2. The van der Waals surface area contributed by atoms with E-state index in [1.807, 2.05) is 0 Å². The van der Waals surface area contributed by atoms with Crippen molar-refractivity contribution in [3.8, 4) is 0 Å². The lowest BCUT2D eigenvalue weighted by atomic mass is 9.77. The van der Waals surface area contributed by atoms with Crippen molar-refractivity contribution in [2.75, 3.05) is 0 Å². The molecule has 0 aliphatic heterocycles. The molecule has 2 unspecified atom stereocenters. The molecule has 1 saturated carbocycles. The molecule has 0 aromatic heterocycles. The fraction of sp³-hybridized carbons (Fsp3) is 1.00. The van der Waals surface area contributed by atoms with Crippen LogP contribution >= 0.6 is 0 Å². The van der Waals surface area contributed by atoms with Crippen LogP contribution < -0.4 is 11.5 Å². The Hall–Kier alpha value is -0.710. The minimum Gasteiger partial charge on any atom is -0.288 e. The van der Waals surface area contributed by atoms with Gasteiger partial charge in [0.2, 0.25) is 6.17 Å². The van der Waals surface area contributed by atoms with Gasteiger partial charge in [-0.3, -0.25) is 11.5 Å². The van der Waals surface area contributed by atoms with Gasteiger partial charge in [-0.05, 0) is 0 Å². The van der Waals surface area contributed by atoms with E-state index in [9.17, 15) is 39.5 Å². The molecule has 17 heavy (non-hydrogen) atoms. The molecule has 0 radical (unpaired) electrons. The van der Waals surface area contributed by atoms with Gasteiger partial charge in [-0.2, -0.15) is 26.3 Å². The van der Waals surface area contributed by atoms with Crippen molar-refractivity contribution < 1.29 is 39.5 Å². The molecule has 0 heterocycles. The van der Waals surface area contributed by atoms with Crippen LogP contribution in [0.5, 0.6) is 0 Å². The minimum absolute atomic E-state index is 3.76. The second-order valence-corrected chi connectivity index (χ2v) is 3.61. The fourth-order valence-electron chi connectivity index (χ4n) is 1.28. The first-order valence-corrected chi connectivity index (χ1v) is 3.88. The average Bonchev–Trinajstić information content (AvgIpc) is 2.13. The zero-order chi connectivity index (χ0) is 14.1. The van der Waals surface area contributed by atoms with Crippen LogP contribution in [0.1, 0.15) is 0 Å². The van der Waals surface area contributed by atoms with Gasteiger partial charge >= 0.3 is 17.8 Å². The second-order valence-electron chi connectivity index (χ2n) is 3.61. The van der Waals surface area contributed by atoms with Crippen LogP contribution in [0.2, 0.25) is 0 Å². The van der Waals surface area contributed by atoms with Crippen molar-refractivity contribution >= 4 is 0 Å². The van der Waals surface area contributed by atoms with Gasteiger partial charge in [0.25, 0.3) is 11.6 Å². The van der Waals surface area contributed by atoms with Crippen LogP contribution in [0.15, 0.2) is 0 Å². The van der Waals surface area contributed by atoms with Gasteiger partial charge in [-0.25, -0.2) is 13.2 Å². The first-order valence-electron chi connectivity index (χ1n) is 3.88. The molecule has 1 rings (SSSR count). The summed E-state index contributed by atoms with van der Waals surface area (Å²) in [5.74, 6) is -29.6. The molecular weight excluding hydrogens is 271 g/mol. The van der Waals surface area contributed by atoms with E-state index in [1.54, 1.807) is 0 Å². The Morgan fingerprint density at radius 2 is 0.882 bits per heavy atom. The van der Waals surface area contributed by atoms with Crippen molar-refractivity contribution in [1.29, 1.82) is 0 Å². The summed E-state index contributed by atoms with van der Waals surface area (Å²) < 4.78 is 115. The maximum atomic E-state index is 12.9. The molecule has 4 N–H and O–H groups in total. The first-order chi connectivity index (χ1) is 7.15. The van der Waals surface area contributed by atoms with E-state index in [0.717, 1.165) is 0 Å². The highest BCUT2D eigenvalue weighted by Crippen LogP contribution is 2.60. The smallest absolute Gasteiger partial charge is 0.288 e. The minimum atomic E-state index is -6.20. The lowest BCUT2D eigenvalue weighted by molar-refractivity contribution is -0.403. The SMILES string of the molecule is NC1(F)C(F)(F)C(F)C(F)(F)C(N)(F)C1(F)F. The summed E-state index contributed by atoms with van der Waals surface area (Å²) in [7, 11) is 0. The van der Waals surface area contributed by atoms with E-state index >= 15 is 0 Å². The van der Waals surface area contributed by atoms with Crippen molar-refractivity contribution in [1.82, 2.24) is 0 Å². The van der Waals surface area contributed by atoms with Crippen LogP contribution in [0, 0.1) is 0 Å². The zero-order valence-corrected chi connectivity index (χ0v) is 7.63. The third kappa shape index (κ3) is 1.21. The van der Waals surface area contributed by atoms with Crippen molar-refractivity contribution in [3.63, 3.8) is 0 Å². The standard InChI is InChI=1S/C6H5F9N2/c7-1-2(8,9)5(14,16)4(12,13)6(15,17)3(1,10)11/h1H,16-17H2. The molecule has 0 aromatic carbocycles. The Morgan fingerprint density at radius 1 is 0.647 bits per heavy atom. The molecule has 1 aliphatic carbocycles. The van der Waals surface area contributed by atoms with E-state index in [1.165, 1.54) is 0 Å². The largest absolute Gasteiger partial charge is 0.352 e. The van der Waals surface area contributed by atoms with E-state index in [4.69, 9.17) is 0 Å². The Kier molecular flexibility index (Phi) is 2.53. The number of nitrogens with two attached hydrogens (primary N) is 2. The summed E-state index contributed by atoms with van der Waals surface area (Å²) in [6.07, 6.45) is -4.93. The topological polar surface area (TPSA) is 52.0 Å². The summed E-state index contributed by atoms with van der Waals surface area (Å²) in [4.78, 5) is 0. The quantitative estimate of drug-likeness (QED) is 0.520. The molecule has 1 fully saturated rings. The summed E-state index contributed by atoms with van der Waals surface area (Å²) in [6, 6.07) is 0. The molecule has 1 aliphatic rings. The molecule has 0 saturated heterocycles. The van der Waals surface area contributed by atoms with E-state index in [2.05, 4.69) is 11.5 Å². The van der Waals surface area contributed by atoms with Crippen LogP contribution in [0.4, 0.5) is 39.5 Å². The highest BCUT2D eigenvalue weighted by molar-refractivity contribution is 5.22. The fourth-order valence-corrected chi connectivity index (χ4v) is 1.28. The summed E-state index contributed by atoms with van der Waals surface area (Å²) in [5.41, 5.74) is 7.52. The van der Waals surface area contributed by atoms with Crippen LogP contribution in [-0.4, -0.2) is 35.5 Å². The van der Waals surface area contributed by atoms with E-state index in [0.29, 0.717) is 0 Å². The predicted octanol–water partition coefficient (Wildman–Crippen LogP) is 1.49. The molecule has 0 spiro atoms. The normalized spacial score (nSPS) is 47.8. The molecule has 0 bridgehead atoms. The van der Waals surface area contributed by atoms with Crippen LogP contribution in [0.3, 0.4) is 0 Å². The first kappa shape index (κ1) is 14.4. The van der Waals surface area contributed by atoms with Crippen molar-refractivity contribution in [2.24, 2.45) is 11.5 Å². The number of rotatable bonds is 0. The number of alkyl halides is 9. The molecule has 102 valence electrons. The maximum absolute atomic E-state index is 12.9. The van der Waals surface area contributed by atoms with Crippen molar-refractivity contribution in [2.45, 2.75) is 35.5 Å². The predicted molar refractivity (Wildman–Crippen MR) is 35.8 cm³/mol. The monoisotopic (exact) mass is 276 g/mol. The third-order valence-corrected chi connectivity index (χ3v) is 2.52. The zero-order valence-electron chi connectivity index (χ0n) is 7.63. The number of hydrogen-bond acceptors (Lipinski definition) is 2. The van der Waals surface area contributed by atoms with Crippen LogP contribution in [-0.2, 0) is 0 Å². The van der Waals surface area contributed by atoms with Crippen molar-refractivity contribution in [3.05, 3.63) is 0 Å². The summed E-state index contributed by atoms with van der Waals surface area (Å²) in [5, 5.41) is 0. The van der Waals surface area contributed by atoms with Gasteiger partial charge in [0.1, 0.15) is 0 Å². The van der Waals surface area contributed by atoms with Gasteiger partial charge in [0, 0.05) is 0 Å². The van der Waals surface area contributed by atoms with Gasteiger partial charge in [-0.1, -0.05) is 0 Å². The number of halogens is 9. The Balaban J connectivity index is 3.56. The molecule has 2 atom stereocenters. The number of hydrogen-bond donors (Lipinski definition) is 2. The molecule has 0 amide bonds. The van der Waals surface area contributed by atoms with Crippen LogP contribution in [0.25, 0.3) is 0 Å². The average molecular weight is 276 g/mol. The Bertz CT molecular complexity index is 306. The highest BCUT2D eigenvalue weighted by atomic mass is 19.3. The summed E-state index contributed by atoms with van der Waals surface area (Å²) in [6.45, 7) is 0. The van der Waals surface area contributed by atoms with E-state index in [-0.39, 0.29) is 0 Å². The molecule has 11 heteroatoms. The van der Waals surface area contributed by atoms with E-state index < -0.39 is 35.5 Å².